The van der Waals surface area contributed by atoms with Gasteiger partial charge in [-0.3, -0.25) is 19.7 Å². The SMILES string of the molecule is COc1cncc([C@H](NC(=O)Cc2c(C)[nH][nH]c2=O)C2CC(O)C2)c1. The van der Waals surface area contributed by atoms with Crippen LogP contribution in [0.4, 0.5) is 0 Å². The van der Waals surface area contributed by atoms with Crippen LogP contribution in [0, 0.1) is 12.8 Å². The standard InChI is InChI=1S/C17H22N4O4/c1-9-14(17(24)21-20-9)6-15(23)19-16(10-3-12(22)4-10)11-5-13(25-2)8-18-7-11/h5,7-8,10,12,16,22H,3-4,6H2,1-2H3,(H,19,23)(H2,20,21,24)/t10?,12?,16-/m1/s1. The van der Waals surface area contributed by atoms with E-state index in [0.29, 0.717) is 29.8 Å². The number of aryl methyl sites for hydroxylation is 1. The molecule has 1 saturated carbocycles. The number of hydrogen-bond donors (Lipinski definition) is 4. The van der Waals surface area contributed by atoms with Gasteiger partial charge in [-0.15, -0.1) is 0 Å². The number of ether oxygens (including phenoxy) is 1. The highest BCUT2D eigenvalue weighted by atomic mass is 16.5. The Morgan fingerprint density at radius 1 is 1.44 bits per heavy atom. The van der Waals surface area contributed by atoms with Gasteiger partial charge in [0, 0.05) is 17.5 Å². The second-order valence-corrected chi connectivity index (χ2v) is 6.45. The Bertz CT molecular complexity index is 807. The molecule has 1 atom stereocenters. The van der Waals surface area contributed by atoms with E-state index < -0.39 is 0 Å². The zero-order valence-electron chi connectivity index (χ0n) is 14.2. The second kappa shape index (κ2) is 7.10. The van der Waals surface area contributed by atoms with E-state index in [2.05, 4.69) is 20.5 Å². The molecule has 0 unspecified atom stereocenters. The molecule has 0 aliphatic heterocycles. The normalized spacial score (nSPS) is 20.6. The maximum Gasteiger partial charge on any atom is 0.267 e. The Kier molecular flexibility index (Phi) is 4.89. The second-order valence-electron chi connectivity index (χ2n) is 6.45. The third kappa shape index (κ3) is 3.74. The zero-order valence-corrected chi connectivity index (χ0v) is 14.2. The summed E-state index contributed by atoms with van der Waals surface area (Å²) in [7, 11) is 1.56. The Balaban J connectivity index is 1.78. The number of nitrogens with one attached hydrogen (secondary N) is 3. The minimum Gasteiger partial charge on any atom is -0.495 e. The van der Waals surface area contributed by atoms with Crippen LogP contribution in [0.5, 0.6) is 5.75 Å². The van der Waals surface area contributed by atoms with Gasteiger partial charge in [-0.2, -0.15) is 0 Å². The molecule has 0 aromatic carbocycles. The Labute approximate surface area is 144 Å². The van der Waals surface area contributed by atoms with E-state index in [4.69, 9.17) is 4.74 Å². The van der Waals surface area contributed by atoms with Crippen LogP contribution in [0.2, 0.25) is 0 Å². The lowest BCUT2D eigenvalue weighted by atomic mass is 9.75. The first-order chi connectivity index (χ1) is 12.0. The lowest BCUT2D eigenvalue weighted by Gasteiger charge is -2.38. The van der Waals surface area contributed by atoms with Gasteiger partial charge in [-0.05, 0) is 37.3 Å². The van der Waals surface area contributed by atoms with Gasteiger partial charge in [-0.1, -0.05) is 0 Å². The third-order valence-corrected chi connectivity index (χ3v) is 4.69. The van der Waals surface area contributed by atoms with Gasteiger partial charge in [0.05, 0.1) is 31.9 Å². The van der Waals surface area contributed by atoms with Crippen LogP contribution in [0.1, 0.15) is 35.7 Å². The number of aliphatic hydroxyl groups is 1. The van der Waals surface area contributed by atoms with Gasteiger partial charge in [0.1, 0.15) is 5.75 Å². The van der Waals surface area contributed by atoms with Crippen LogP contribution < -0.4 is 15.6 Å². The molecule has 1 aliphatic carbocycles. The zero-order chi connectivity index (χ0) is 18.0. The number of rotatable bonds is 6. The molecule has 0 radical (unpaired) electrons. The van der Waals surface area contributed by atoms with Crippen molar-refractivity contribution in [3.05, 3.63) is 45.6 Å². The summed E-state index contributed by atoms with van der Waals surface area (Å²) in [6, 6.07) is 1.55. The predicted octanol–water partition coefficient (Wildman–Crippen LogP) is 0.586. The predicted molar refractivity (Wildman–Crippen MR) is 90.3 cm³/mol. The average Bonchev–Trinajstić information content (AvgIpc) is 2.89. The summed E-state index contributed by atoms with van der Waals surface area (Å²) >= 11 is 0. The number of aromatic nitrogens is 3. The number of carbonyl (C=O) groups excluding carboxylic acids is 1. The van der Waals surface area contributed by atoms with Crippen LogP contribution >= 0.6 is 0 Å². The number of hydrogen-bond acceptors (Lipinski definition) is 5. The molecule has 2 heterocycles. The van der Waals surface area contributed by atoms with E-state index in [1.54, 1.807) is 26.4 Å². The van der Waals surface area contributed by atoms with Gasteiger partial charge < -0.3 is 20.3 Å². The van der Waals surface area contributed by atoms with Crippen molar-refractivity contribution in [1.82, 2.24) is 20.5 Å². The quantitative estimate of drug-likeness (QED) is 0.610. The molecule has 0 spiro atoms. The summed E-state index contributed by atoms with van der Waals surface area (Å²) in [6.45, 7) is 1.74. The molecule has 0 bridgehead atoms. The molecule has 4 N–H and O–H groups in total. The number of H-pyrrole nitrogens is 2. The minimum atomic E-state index is -0.335. The van der Waals surface area contributed by atoms with Gasteiger partial charge >= 0.3 is 0 Å². The first kappa shape index (κ1) is 17.2. The maximum atomic E-state index is 12.5. The molecule has 3 rings (SSSR count). The van der Waals surface area contributed by atoms with E-state index in [-0.39, 0.29) is 36.0 Å². The van der Waals surface area contributed by atoms with Crippen LogP contribution in [0.25, 0.3) is 0 Å². The first-order valence-corrected chi connectivity index (χ1v) is 8.20. The van der Waals surface area contributed by atoms with E-state index in [1.165, 1.54) is 0 Å². The fourth-order valence-corrected chi connectivity index (χ4v) is 3.16. The van der Waals surface area contributed by atoms with E-state index in [0.717, 1.165) is 5.56 Å². The highest BCUT2D eigenvalue weighted by molar-refractivity contribution is 5.79. The molecule has 25 heavy (non-hydrogen) atoms. The monoisotopic (exact) mass is 346 g/mol. The van der Waals surface area contributed by atoms with Crippen molar-refractivity contribution in [3.8, 4) is 5.75 Å². The number of nitrogens with zero attached hydrogens (tertiary/aromatic N) is 1. The number of aliphatic hydroxyl groups excluding tert-OH is 1. The van der Waals surface area contributed by atoms with E-state index >= 15 is 0 Å². The lowest BCUT2D eigenvalue weighted by molar-refractivity contribution is -0.122. The van der Waals surface area contributed by atoms with Gasteiger partial charge in [0.15, 0.2) is 0 Å². The van der Waals surface area contributed by atoms with Crippen molar-refractivity contribution in [1.29, 1.82) is 0 Å². The molecular formula is C17H22N4O4. The smallest absolute Gasteiger partial charge is 0.267 e. The molecular weight excluding hydrogens is 324 g/mol. The summed E-state index contributed by atoms with van der Waals surface area (Å²) in [5.41, 5.74) is 1.61. The van der Waals surface area contributed by atoms with Gasteiger partial charge in [0.2, 0.25) is 5.91 Å². The molecule has 1 amide bonds. The molecule has 8 heteroatoms. The largest absolute Gasteiger partial charge is 0.495 e. The lowest BCUT2D eigenvalue weighted by Crippen LogP contribution is -2.42. The average molecular weight is 346 g/mol. The highest BCUT2D eigenvalue weighted by Crippen LogP contribution is 2.38. The van der Waals surface area contributed by atoms with Gasteiger partial charge in [-0.25, -0.2) is 0 Å². The maximum absolute atomic E-state index is 12.5. The van der Waals surface area contributed by atoms with Crippen LogP contribution in [-0.2, 0) is 11.2 Å². The molecule has 0 saturated heterocycles. The van der Waals surface area contributed by atoms with Crippen molar-refractivity contribution in [2.24, 2.45) is 5.92 Å². The first-order valence-electron chi connectivity index (χ1n) is 8.20. The molecule has 8 nitrogen and oxygen atoms in total. The van der Waals surface area contributed by atoms with Crippen LogP contribution in [0.15, 0.2) is 23.3 Å². The Morgan fingerprint density at radius 2 is 2.20 bits per heavy atom. The van der Waals surface area contributed by atoms with Crippen molar-refractivity contribution < 1.29 is 14.6 Å². The number of pyridine rings is 1. The van der Waals surface area contributed by atoms with Crippen LogP contribution in [0.3, 0.4) is 0 Å². The number of aromatic amines is 2. The summed E-state index contributed by atoms with van der Waals surface area (Å²) in [5, 5.41) is 17.8. The molecule has 2 aromatic heterocycles. The highest BCUT2D eigenvalue weighted by Gasteiger charge is 2.36. The molecule has 1 aliphatic rings. The van der Waals surface area contributed by atoms with Crippen molar-refractivity contribution in [3.63, 3.8) is 0 Å². The summed E-state index contributed by atoms with van der Waals surface area (Å²) in [5.74, 6) is 0.482. The summed E-state index contributed by atoms with van der Waals surface area (Å²) in [4.78, 5) is 28.4. The van der Waals surface area contributed by atoms with Crippen molar-refractivity contribution in [2.75, 3.05) is 7.11 Å². The Morgan fingerprint density at radius 3 is 2.80 bits per heavy atom. The molecule has 2 aromatic rings. The summed E-state index contributed by atoms with van der Waals surface area (Å²) < 4.78 is 5.21. The number of amides is 1. The van der Waals surface area contributed by atoms with Crippen molar-refractivity contribution in [2.45, 2.75) is 38.3 Å². The minimum absolute atomic E-state index is 0.00611. The molecule has 1 fully saturated rings. The van der Waals surface area contributed by atoms with E-state index in [1.807, 2.05) is 6.07 Å². The number of carbonyl (C=O) groups is 1. The van der Waals surface area contributed by atoms with Gasteiger partial charge in [0.25, 0.3) is 5.56 Å². The van der Waals surface area contributed by atoms with E-state index in [9.17, 15) is 14.7 Å². The van der Waals surface area contributed by atoms with Crippen molar-refractivity contribution >= 4 is 5.91 Å². The fourth-order valence-electron chi connectivity index (χ4n) is 3.16. The Hall–Kier alpha value is -2.61. The van der Waals surface area contributed by atoms with Crippen LogP contribution in [-0.4, -0.2) is 39.4 Å². The molecule has 134 valence electrons. The summed E-state index contributed by atoms with van der Waals surface area (Å²) in [6.07, 6.45) is 4.18. The number of methoxy groups -OCH3 is 1. The topological polar surface area (TPSA) is 120 Å². The third-order valence-electron chi connectivity index (χ3n) is 4.69. The fraction of sp³-hybridized carbons (Fsp3) is 0.471.